The maximum absolute atomic E-state index is 6.16. The van der Waals surface area contributed by atoms with Gasteiger partial charge in [0.1, 0.15) is 0 Å². The number of nitrogens with zero attached hydrogens (tertiary/aromatic N) is 2. The van der Waals surface area contributed by atoms with Gasteiger partial charge < -0.3 is 24.1 Å². The van der Waals surface area contributed by atoms with Gasteiger partial charge in [0.05, 0.1) is 37.8 Å². The van der Waals surface area contributed by atoms with Crippen LogP contribution >= 0.6 is 0 Å². The smallest absolute Gasteiger partial charge is 0.217 e. The van der Waals surface area contributed by atoms with Crippen molar-refractivity contribution < 1.29 is 14.2 Å². The first-order valence-corrected chi connectivity index (χ1v) is 12.4. The molecule has 2 aliphatic heterocycles. The Hall–Kier alpha value is -2.51. The van der Waals surface area contributed by atoms with Gasteiger partial charge in [-0.1, -0.05) is 74.0 Å². The van der Waals surface area contributed by atoms with E-state index in [2.05, 4.69) is 41.1 Å². The van der Waals surface area contributed by atoms with E-state index in [-0.39, 0.29) is 5.41 Å². The van der Waals surface area contributed by atoms with Gasteiger partial charge in [-0.2, -0.15) is 0 Å². The van der Waals surface area contributed by atoms with Crippen LogP contribution in [0.2, 0.25) is 0 Å². The molecule has 2 fully saturated rings. The van der Waals surface area contributed by atoms with Gasteiger partial charge >= 0.3 is 0 Å². The summed E-state index contributed by atoms with van der Waals surface area (Å²) in [5.74, 6) is 0.700. The Balaban J connectivity index is 1.22. The Labute approximate surface area is 202 Å². The number of piperidine rings is 1. The third-order valence-corrected chi connectivity index (χ3v) is 6.67. The van der Waals surface area contributed by atoms with Crippen molar-refractivity contribution in [3.8, 4) is 22.5 Å². The number of likely N-dealkylation sites (tertiary alicyclic amines) is 1. The number of benzene rings is 2. The van der Waals surface area contributed by atoms with E-state index in [1.54, 1.807) is 0 Å². The van der Waals surface area contributed by atoms with Crippen molar-refractivity contribution in [2.45, 2.75) is 32.5 Å². The van der Waals surface area contributed by atoms with E-state index in [4.69, 9.17) is 19.2 Å². The minimum Gasteiger partial charge on any atom is -0.379 e. The van der Waals surface area contributed by atoms with E-state index in [9.17, 15) is 0 Å². The van der Waals surface area contributed by atoms with Crippen molar-refractivity contribution >= 4 is 0 Å². The van der Waals surface area contributed by atoms with Crippen LogP contribution in [0.25, 0.3) is 22.5 Å². The van der Waals surface area contributed by atoms with E-state index in [0.717, 1.165) is 35.7 Å². The second kappa shape index (κ2) is 10.8. The molecule has 1 aromatic heterocycles. The van der Waals surface area contributed by atoms with Crippen molar-refractivity contribution in [2.75, 3.05) is 46.1 Å². The first-order chi connectivity index (χ1) is 16.7. The highest BCUT2D eigenvalue weighted by molar-refractivity contribution is 5.78. The van der Waals surface area contributed by atoms with Crippen molar-refractivity contribution in [1.82, 2.24) is 14.9 Å². The molecule has 1 N–H and O–H groups in total. The molecule has 180 valence electrons. The predicted octanol–water partition coefficient (Wildman–Crippen LogP) is 5.30. The Kier molecular flexibility index (Phi) is 7.40. The van der Waals surface area contributed by atoms with E-state index in [1.807, 2.05) is 36.4 Å². The van der Waals surface area contributed by atoms with Crippen LogP contribution in [0.3, 0.4) is 0 Å². The summed E-state index contributed by atoms with van der Waals surface area (Å²) in [6.07, 6.45) is 3.47. The number of nitrogens with one attached hydrogen (secondary N) is 1. The number of aromatic amines is 1. The molecule has 2 aliphatic rings. The molecule has 2 aromatic carbocycles. The van der Waals surface area contributed by atoms with Crippen LogP contribution in [0.5, 0.6) is 0 Å². The van der Waals surface area contributed by atoms with Crippen molar-refractivity contribution in [3.63, 3.8) is 0 Å². The molecule has 2 saturated heterocycles. The van der Waals surface area contributed by atoms with Crippen LogP contribution in [0.15, 0.2) is 60.7 Å². The molecule has 5 rings (SSSR count). The van der Waals surface area contributed by atoms with Crippen LogP contribution in [-0.2, 0) is 14.2 Å². The van der Waals surface area contributed by atoms with Crippen LogP contribution in [0.1, 0.15) is 38.3 Å². The zero-order valence-corrected chi connectivity index (χ0v) is 20.0. The maximum atomic E-state index is 6.16. The molecule has 0 amide bonds. The Morgan fingerprint density at radius 3 is 2.26 bits per heavy atom. The predicted molar refractivity (Wildman–Crippen MR) is 133 cm³/mol. The topological polar surface area (TPSA) is 59.6 Å². The molecule has 0 aliphatic carbocycles. The normalized spacial score (nSPS) is 23.7. The number of rotatable bonds is 8. The molecular formula is C28H35N3O3. The van der Waals surface area contributed by atoms with Gasteiger partial charge in [0, 0.05) is 23.1 Å². The molecule has 0 bridgehead atoms. The monoisotopic (exact) mass is 461 g/mol. The van der Waals surface area contributed by atoms with Crippen molar-refractivity contribution in [3.05, 3.63) is 66.5 Å². The first-order valence-electron chi connectivity index (χ1n) is 12.4. The van der Waals surface area contributed by atoms with Crippen LogP contribution < -0.4 is 0 Å². The summed E-state index contributed by atoms with van der Waals surface area (Å²) >= 11 is 0. The quantitative estimate of drug-likeness (QED) is 0.462. The molecule has 6 heteroatoms. The van der Waals surface area contributed by atoms with Gasteiger partial charge in [-0.05, 0) is 25.9 Å². The molecule has 0 radical (unpaired) electrons. The second-order valence-electron chi connectivity index (χ2n) is 9.80. The van der Waals surface area contributed by atoms with Gasteiger partial charge in [0.15, 0.2) is 5.82 Å². The molecule has 34 heavy (non-hydrogen) atoms. The summed E-state index contributed by atoms with van der Waals surface area (Å²) in [5.41, 5.74) is 3.87. The third kappa shape index (κ3) is 5.58. The summed E-state index contributed by atoms with van der Waals surface area (Å²) < 4.78 is 18.4. The van der Waals surface area contributed by atoms with Crippen LogP contribution in [0, 0.1) is 5.41 Å². The molecule has 0 saturated carbocycles. The average Bonchev–Trinajstić information content (AvgIpc) is 3.34. The largest absolute Gasteiger partial charge is 0.379 e. The van der Waals surface area contributed by atoms with Gasteiger partial charge in [0.25, 0.3) is 0 Å². The molecule has 0 spiro atoms. The summed E-state index contributed by atoms with van der Waals surface area (Å²) in [5, 5.41) is 0. The third-order valence-electron chi connectivity index (χ3n) is 6.67. The van der Waals surface area contributed by atoms with E-state index < -0.39 is 6.29 Å². The van der Waals surface area contributed by atoms with Gasteiger partial charge in [-0.3, -0.25) is 0 Å². The second-order valence-corrected chi connectivity index (χ2v) is 9.80. The molecule has 3 aromatic rings. The number of hydrogen-bond donors (Lipinski definition) is 1. The lowest BCUT2D eigenvalue weighted by Crippen LogP contribution is -2.41. The summed E-state index contributed by atoms with van der Waals surface area (Å²) in [7, 11) is 0. The highest BCUT2D eigenvalue weighted by atomic mass is 16.7. The first kappa shape index (κ1) is 23.2. The highest BCUT2D eigenvalue weighted by Gasteiger charge is 2.35. The molecule has 6 nitrogen and oxygen atoms in total. The number of aromatic nitrogens is 2. The SMILES string of the molecule is C[C@]1(COCCN2CCCCC2)CO[C@@H](c2nc(-c3ccccc3)c(-c3ccccc3)[nH]2)OC1. The number of H-pyrrole nitrogens is 1. The summed E-state index contributed by atoms with van der Waals surface area (Å²) in [6.45, 7) is 8.12. The Bertz CT molecular complexity index is 967. The van der Waals surface area contributed by atoms with E-state index >= 15 is 0 Å². The Morgan fingerprint density at radius 2 is 1.59 bits per heavy atom. The lowest BCUT2D eigenvalue weighted by Gasteiger charge is -2.36. The summed E-state index contributed by atoms with van der Waals surface area (Å²) in [6, 6.07) is 20.5. The zero-order valence-electron chi connectivity index (χ0n) is 20.0. The summed E-state index contributed by atoms with van der Waals surface area (Å²) in [4.78, 5) is 10.9. The lowest BCUT2D eigenvalue weighted by molar-refractivity contribution is -0.242. The average molecular weight is 462 g/mol. The molecule has 0 atom stereocenters. The van der Waals surface area contributed by atoms with Crippen LogP contribution in [-0.4, -0.2) is 60.9 Å². The van der Waals surface area contributed by atoms with Gasteiger partial charge in [0.2, 0.25) is 6.29 Å². The van der Waals surface area contributed by atoms with Crippen molar-refractivity contribution in [1.29, 1.82) is 0 Å². The van der Waals surface area contributed by atoms with E-state index in [0.29, 0.717) is 25.6 Å². The fourth-order valence-electron chi connectivity index (χ4n) is 4.70. The molecule has 3 heterocycles. The minimum atomic E-state index is -0.513. The Morgan fingerprint density at radius 1 is 0.941 bits per heavy atom. The number of imidazole rings is 1. The molecular weight excluding hydrogens is 426 g/mol. The lowest BCUT2D eigenvalue weighted by atomic mass is 9.93. The highest BCUT2D eigenvalue weighted by Crippen LogP contribution is 2.35. The van der Waals surface area contributed by atoms with Crippen molar-refractivity contribution in [2.24, 2.45) is 5.41 Å². The molecule has 0 unspecified atom stereocenters. The maximum Gasteiger partial charge on any atom is 0.217 e. The van der Waals surface area contributed by atoms with Gasteiger partial charge in [-0.25, -0.2) is 4.98 Å². The number of hydrogen-bond acceptors (Lipinski definition) is 5. The fraction of sp³-hybridized carbons (Fsp3) is 0.464. The van der Waals surface area contributed by atoms with Crippen LogP contribution in [0.4, 0.5) is 0 Å². The van der Waals surface area contributed by atoms with E-state index in [1.165, 1.54) is 32.4 Å². The standard InChI is InChI=1S/C28H35N3O3/c1-28(19-32-18-17-31-15-9-4-10-16-31)20-33-27(34-21-28)26-29-24(22-11-5-2-6-12-22)25(30-26)23-13-7-3-8-14-23/h2-3,5-8,11-14,27H,4,9-10,15-21H2,1H3,(H,29,30)/t27-,28+. The zero-order chi connectivity index (χ0) is 23.2. The number of ether oxygens (including phenoxy) is 3. The fourth-order valence-corrected chi connectivity index (χ4v) is 4.70. The van der Waals surface area contributed by atoms with Gasteiger partial charge in [-0.15, -0.1) is 0 Å². The minimum absolute atomic E-state index is 0.157.